The van der Waals surface area contributed by atoms with Crippen molar-refractivity contribution in [1.29, 1.82) is 0 Å². The van der Waals surface area contributed by atoms with E-state index in [0.717, 1.165) is 38.4 Å². The number of hydrogen-bond acceptors (Lipinski definition) is 4. The second-order valence-electron chi connectivity index (χ2n) is 5.64. The summed E-state index contributed by atoms with van der Waals surface area (Å²) in [6, 6.07) is 11.3. The van der Waals surface area contributed by atoms with Crippen LogP contribution in [-0.4, -0.2) is 40.5 Å². The van der Waals surface area contributed by atoms with Gasteiger partial charge in [-0.25, -0.2) is 4.98 Å². The Kier molecular flexibility index (Phi) is 4.46. The number of hydrogen-bond donors (Lipinski definition) is 0. The second kappa shape index (κ2) is 6.68. The number of aromatic nitrogens is 2. The molecule has 0 unspecified atom stereocenters. The SMILES string of the molecule is C[C@@H]1CCN(c2cnccn2)CCN1Cc1ccccc1. The van der Waals surface area contributed by atoms with E-state index >= 15 is 0 Å². The lowest BCUT2D eigenvalue weighted by atomic mass is 10.1. The van der Waals surface area contributed by atoms with Gasteiger partial charge in [-0.15, -0.1) is 0 Å². The first-order valence-corrected chi connectivity index (χ1v) is 7.62. The molecule has 1 aromatic carbocycles. The highest BCUT2D eigenvalue weighted by Gasteiger charge is 2.21. The van der Waals surface area contributed by atoms with Crippen molar-refractivity contribution < 1.29 is 0 Å². The minimum absolute atomic E-state index is 0.590. The molecule has 3 rings (SSSR count). The molecule has 1 aromatic heterocycles. The number of nitrogens with zero attached hydrogens (tertiary/aromatic N) is 4. The molecule has 0 amide bonds. The normalized spacial score (nSPS) is 20.2. The highest BCUT2D eigenvalue weighted by Crippen LogP contribution is 2.17. The fraction of sp³-hybridized carbons (Fsp3) is 0.412. The summed E-state index contributed by atoms with van der Waals surface area (Å²) in [6.45, 7) is 6.47. The summed E-state index contributed by atoms with van der Waals surface area (Å²) >= 11 is 0. The zero-order valence-corrected chi connectivity index (χ0v) is 12.5. The summed E-state index contributed by atoms with van der Waals surface area (Å²) in [6.07, 6.45) is 6.51. The van der Waals surface area contributed by atoms with Crippen LogP contribution in [-0.2, 0) is 6.54 Å². The minimum atomic E-state index is 0.590. The van der Waals surface area contributed by atoms with E-state index in [9.17, 15) is 0 Å². The third-order valence-corrected chi connectivity index (χ3v) is 4.20. The van der Waals surface area contributed by atoms with Gasteiger partial charge in [0, 0.05) is 44.6 Å². The predicted octanol–water partition coefficient (Wildman–Crippen LogP) is 2.58. The van der Waals surface area contributed by atoms with Crippen molar-refractivity contribution in [2.24, 2.45) is 0 Å². The summed E-state index contributed by atoms with van der Waals surface area (Å²) in [5, 5.41) is 0. The Labute approximate surface area is 126 Å². The van der Waals surface area contributed by atoms with E-state index in [2.05, 4.69) is 57.0 Å². The zero-order chi connectivity index (χ0) is 14.5. The topological polar surface area (TPSA) is 32.3 Å². The first-order valence-electron chi connectivity index (χ1n) is 7.62. The van der Waals surface area contributed by atoms with Crippen LogP contribution in [0.1, 0.15) is 18.9 Å². The van der Waals surface area contributed by atoms with Gasteiger partial charge in [-0.05, 0) is 18.9 Å². The van der Waals surface area contributed by atoms with Gasteiger partial charge in [0.1, 0.15) is 5.82 Å². The summed E-state index contributed by atoms with van der Waals surface area (Å²) in [5.74, 6) is 0.992. The van der Waals surface area contributed by atoms with Gasteiger partial charge in [0.05, 0.1) is 6.20 Å². The molecule has 0 spiro atoms. The van der Waals surface area contributed by atoms with Crippen LogP contribution in [0.3, 0.4) is 0 Å². The van der Waals surface area contributed by atoms with Crippen molar-refractivity contribution in [1.82, 2.24) is 14.9 Å². The van der Waals surface area contributed by atoms with Crippen molar-refractivity contribution in [3.63, 3.8) is 0 Å². The van der Waals surface area contributed by atoms with Crippen LogP contribution >= 0.6 is 0 Å². The van der Waals surface area contributed by atoms with Crippen LogP contribution in [0, 0.1) is 0 Å². The molecular formula is C17H22N4. The molecule has 1 aliphatic rings. The molecular weight excluding hydrogens is 260 g/mol. The minimum Gasteiger partial charge on any atom is -0.354 e. The fourth-order valence-electron chi connectivity index (χ4n) is 2.84. The van der Waals surface area contributed by atoms with Gasteiger partial charge < -0.3 is 4.90 Å². The molecule has 0 aliphatic carbocycles. The number of rotatable bonds is 3. The van der Waals surface area contributed by atoms with E-state index in [1.807, 2.05) is 6.20 Å². The Balaban J connectivity index is 1.66. The molecule has 21 heavy (non-hydrogen) atoms. The number of anilines is 1. The predicted molar refractivity (Wildman–Crippen MR) is 85.2 cm³/mol. The van der Waals surface area contributed by atoms with Crippen LogP contribution in [0.25, 0.3) is 0 Å². The molecule has 0 N–H and O–H groups in total. The Hall–Kier alpha value is -1.94. The lowest BCUT2D eigenvalue weighted by molar-refractivity contribution is 0.212. The average Bonchev–Trinajstić information content (AvgIpc) is 2.72. The van der Waals surface area contributed by atoms with E-state index in [0.29, 0.717) is 6.04 Å². The standard InChI is InChI=1S/C17H22N4/c1-15-7-10-20(17-13-18-8-9-19-17)11-12-21(15)14-16-5-3-2-4-6-16/h2-6,8-9,13,15H,7,10-12,14H2,1H3/t15-/m1/s1. The number of benzene rings is 1. The molecule has 4 nitrogen and oxygen atoms in total. The summed E-state index contributed by atoms with van der Waals surface area (Å²) in [7, 11) is 0. The molecule has 0 radical (unpaired) electrons. The Morgan fingerprint density at radius 1 is 1.10 bits per heavy atom. The van der Waals surface area contributed by atoms with E-state index in [1.54, 1.807) is 12.4 Å². The monoisotopic (exact) mass is 282 g/mol. The smallest absolute Gasteiger partial charge is 0.147 e. The fourth-order valence-corrected chi connectivity index (χ4v) is 2.84. The molecule has 1 fully saturated rings. The van der Waals surface area contributed by atoms with E-state index in [1.165, 1.54) is 5.56 Å². The Morgan fingerprint density at radius 3 is 2.71 bits per heavy atom. The average molecular weight is 282 g/mol. The molecule has 0 saturated carbocycles. The van der Waals surface area contributed by atoms with Gasteiger partial charge in [-0.3, -0.25) is 9.88 Å². The Bertz CT molecular complexity index is 543. The third kappa shape index (κ3) is 3.58. The zero-order valence-electron chi connectivity index (χ0n) is 12.5. The molecule has 1 saturated heterocycles. The first kappa shape index (κ1) is 14.0. The van der Waals surface area contributed by atoms with Crippen LogP contribution in [0.15, 0.2) is 48.9 Å². The van der Waals surface area contributed by atoms with E-state index in [-0.39, 0.29) is 0 Å². The molecule has 2 heterocycles. The van der Waals surface area contributed by atoms with E-state index < -0.39 is 0 Å². The van der Waals surface area contributed by atoms with Crippen molar-refractivity contribution in [2.45, 2.75) is 25.9 Å². The van der Waals surface area contributed by atoms with Gasteiger partial charge in [0.25, 0.3) is 0 Å². The maximum atomic E-state index is 4.42. The summed E-state index contributed by atoms with van der Waals surface area (Å²) in [4.78, 5) is 13.5. The molecule has 2 aromatic rings. The van der Waals surface area contributed by atoms with Crippen LogP contribution in [0.2, 0.25) is 0 Å². The quantitative estimate of drug-likeness (QED) is 0.866. The highest BCUT2D eigenvalue weighted by molar-refractivity contribution is 5.35. The van der Waals surface area contributed by atoms with Crippen molar-refractivity contribution >= 4 is 5.82 Å². The van der Waals surface area contributed by atoms with Gasteiger partial charge >= 0.3 is 0 Å². The largest absolute Gasteiger partial charge is 0.354 e. The summed E-state index contributed by atoms with van der Waals surface area (Å²) < 4.78 is 0. The van der Waals surface area contributed by atoms with Crippen molar-refractivity contribution in [2.75, 3.05) is 24.5 Å². The van der Waals surface area contributed by atoms with Crippen molar-refractivity contribution in [3.05, 3.63) is 54.5 Å². The van der Waals surface area contributed by atoms with Crippen LogP contribution in [0.5, 0.6) is 0 Å². The van der Waals surface area contributed by atoms with Gasteiger partial charge in [-0.1, -0.05) is 30.3 Å². The molecule has 110 valence electrons. The highest BCUT2D eigenvalue weighted by atomic mass is 15.3. The van der Waals surface area contributed by atoms with Gasteiger partial charge in [-0.2, -0.15) is 0 Å². The van der Waals surface area contributed by atoms with Gasteiger partial charge in [0.2, 0.25) is 0 Å². The van der Waals surface area contributed by atoms with E-state index in [4.69, 9.17) is 0 Å². The molecule has 0 bridgehead atoms. The maximum Gasteiger partial charge on any atom is 0.147 e. The lowest BCUT2D eigenvalue weighted by Crippen LogP contribution is -2.34. The second-order valence-corrected chi connectivity index (χ2v) is 5.64. The lowest BCUT2D eigenvalue weighted by Gasteiger charge is -2.26. The van der Waals surface area contributed by atoms with Crippen LogP contribution in [0.4, 0.5) is 5.82 Å². The molecule has 4 heteroatoms. The van der Waals surface area contributed by atoms with Crippen molar-refractivity contribution in [3.8, 4) is 0 Å². The van der Waals surface area contributed by atoms with Gasteiger partial charge in [0.15, 0.2) is 0 Å². The first-order chi connectivity index (χ1) is 10.3. The molecule has 1 atom stereocenters. The third-order valence-electron chi connectivity index (χ3n) is 4.20. The van der Waals surface area contributed by atoms with Crippen LogP contribution < -0.4 is 4.90 Å². The molecule has 1 aliphatic heterocycles. The maximum absolute atomic E-state index is 4.42. The summed E-state index contributed by atoms with van der Waals surface area (Å²) in [5.41, 5.74) is 1.39. The Morgan fingerprint density at radius 2 is 1.95 bits per heavy atom.